The van der Waals surface area contributed by atoms with Crippen molar-refractivity contribution in [3.8, 4) is 17.0 Å². The number of amides is 2. The minimum atomic E-state index is -0.994. The summed E-state index contributed by atoms with van der Waals surface area (Å²) in [5.41, 5.74) is 2.88. The fourth-order valence-corrected chi connectivity index (χ4v) is 7.15. The van der Waals surface area contributed by atoms with E-state index in [1.807, 2.05) is 19.1 Å². The van der Waals surface area contributed by atoms with Gasteiger partial charge in [0.2, 0.25) is 11.8 Å². The van der Waals surface area contributed by atoms with Crippen LogP contribution < -0.4 is 4.74 Å². The number of likely N-dealkylation sites (tertiary alicyclic amines) is 1. The number of hydrogen-bond acceptors (Lipinski definition) is 6. The summed E-state index contributed by atoms with van der Waals surface area (Å²) >= 11 is 7.87. The second kappa shape index (κ2) is 8.82. The SMILES string of the molecule is Cc1cc(Cl)cc(-c2ncnc3cc(CN4C(=O)C5CCCC5C4=O)sc23)c1O[C@@H]1CCC[C@@H]1F. The van der Waals surface area contributed by atoms with E-state index in [-0.39, 0.29) is 30.2 Å². The van der Waals surface area contributed by atoms with E-state index in [4.69, 9.17) is 16.3 Å². The highest BCUT2D eigenvalue weighted by molar-refractivity contribution is 7.19. The van der Waals surface area contributed by atoms with E-state index in [0.29, 0.717) is 34.9 Å². The van der Waals surface area contributed by atoms with Crippen LogP contribution in [0.25, 0.3) is 21.5 Å². The number of nitrogens with zero attached hydrogens (tertiary/aromatic N) is 3. The molecule has 2 aliphatic carbocycles. The molecule has 2 saturated carbocycles. The monoisotopic (exact) mass is 513 g/mol. The van der Waals surface area contributed by atoms with Crippen LogP contribution >= 0.6 is 22.9 Å². The average Bonchev–Trinajstić information content (AvgIpc) is 3.60. The van der Waals surface area contributed by atoms with E-state index < -0.39 is 12.3 Å². The molecule has 2 amide bonds. The minimum Gasteiger partial charge on any atom is -0.486 e. The number of fused-ring (bicyclic) bond motifs is 2. The van der Waals surface area contributed by atoms with Crippen molar-refractivity contribution in [2.75, 3.05) is 0 Å². The maximum Gasteiger partial charge on any atom is 0.233 e. The molecule has 4 atom stereocenters. The molecule has 1 saturated heterocycles. The quantitative estimate of drug-likeness (QED) is 0.399. The van der Waals surface area contributed by atoms with Gasteiger partial charge in [0.25, 0.3) is 0 Å². The summed E-state index contributed by atoms with van der Waals surface area (Å²) in [4.78, 5) is 36.9. The first kappa shape index (κ1) is 22.9. The van der Waals surface area contributed by atoms with Gasteiger partial charge in [-0.1, -0.05) is 18.0 Å². The topological polar surface area (TPSA) is 72.4 Å². The summed E-state index contributed by atoms with van der Waals surface area (Å²) in [6, 6.07) is 5.51. The van der Waals surface area contributed by atoms with Crippen LogP contribution in [0, 0.1) is 18.8 Å². The molecule has 0 spiro atoms. The highest BCUT2D eigenvalue weighted by Gasteiger charge is 2.49. The van der Waals surface area contributed by atoms with Crippen LogP contribution in [0.15, 0.2) is 24.5 Å². The second-order valence-corrected chi connectivity index (χ2v) is 11.3. The first-order chi connectivity index (χ1) is 16.9. The van der Waals surface area contributed by atoms with Crippen molar-refractivity contribution in [2.45, 2.75) is 64.3 Å². The number of halogens is 2. The number of thiophene rings is 1. The molecule has 3 aromatic rings. The van der Waals surface area contributed by atoms with Crippen LogP contribution in [-0.4, -0.2) is 39.0 Å². The van der Waals surface area contributed by atoms with Crippen LogP contribution in [0.3, 0.4) is 0 Å². The molecular weight excluding hydrogens is 489 g/mol. The molecule has 0 radical (unpaired) electrons. The molecule has 3 aliphatic rings. The van der Waals surface area contributed by atoms with Gasteiger partial charge in [0, 0.05) is 15.5 Å². The minimum absolute atomic E-state index is 0.0558. The zero-order valence-electron chi connectivity index (χ0n) is 19.3. The number of rotatable bonds is 5. The van der Waals surface area contributed by atoms with E-state index in [1.54, 1.807) is 6.07 Å². The Morgan fingerprint density at radius 3 is 2.54 bits per heavy atom. The van der Waals surface area contributed by atoms with Gasteiger partial charge < -0.3 is 4.74 Å². The van der Waals surface area contributed by atoms with E-state index in [2.05, 4.69) is 9.97 Å². The lowest BCUT2D eigenvalue weighted by molar-refractivity contribution is -0.140. The molecule has 1 aliphatic heterocycles. The third-order valence-electron chi connectivity index (χ3n) is 7.49. The summed E-state index contributed by atoms with van der Waals surface area (Å²) in [5, 5.41) is 0.538. The number of aryl methyl sites for hydroxylation is 1. The number of imide groups is 1. The predicted molar refractivity (Wildman–Crippen MR) is 132 cm³/mol. The third kappa shape index (κ3) is 3.91. The highest BCUT2D eigenvalue weighted by Crippen LogP contribution is 2.43. The van der Waals surface area contributed by atoms with Gasteiger partial charge in [-0.3, -0.25) is 14.5 Å². The number of aromatic nitrogens is 2. The van der Waals surface area contributed by atoms with Gasteiger partial charge in [0.05, 0.1) is 34.3 Å². The third-order valence-corrected chi connectivity index (χ3v) is 8.83. The zero-order chi connectivity index (χ0) is 24.3. The molecule has 2 unspecified atom stereocenters. The zero-order valence-corrected chi connectivity index (χ0v) is 20.9. The van der Waals surface area contributed by atoms with Crippen molar-refractivity contribution < 1.29 is 18.7 Å². The number of alkyl halides is 1. The lowest BCUT2D eigenvalue weighted by Crippen LogP contribution is -2.30. The lowest BCUT2D eigenvalue weighted by atomic mass is 10.00. The average molecular weight is 514 g/mol. The highest BCUT2D eigenvalue weighted by atomic mass is 35.5. The fourth-order valence-electron chi connectivity index (χ4n) is 5.77. The van der Waals surface area contributed by atoms with Gasteiger partial charge in [-0.15, -0.1) is 11.3 Å². The lowest BCUT2D eigenvalue weighted by Gasteiger charge is -2.20. The fraction of sp³-hybridized carbons (Fsp3) is 0.462. The number of ether oxygens (including phenoxy) is 1. The smallest absolute Gasteiger partial charge is 0.233 e. The van der Waals surface area contributed by atoms with Crippen molar-refractivity contribution in [3.63, 3.8) is 0 Å². The Bertz CT molecular complexity index is 1320. The number of benzene rings is 1. The molecular formula is C26H25ClFN3O3S. The Labute approximate surface area is 211 Å². The van der Waals surface area contributed by atoms with Crippen molar-refractivity contribution >= 4 is 45.0 Å². The number of carbonyl (C=O) groups is 2. The van der Waals surface area contributed by atoms with Gasteiger partial charge in [-0.2, -0.15) is 0 Å². The van der Waals surface area contributed by atoms with Gasteiger partial charge in [0.1, 0.15) is 24.4 Å². The molecule has 3 fully saturated rings. The maximum absolute atomic E-state index is 14.4. The van der Waals surface area contributed by atoms with Crippen molar-refractivity contribution in [1.82, 2.24) is 14.9 Å². The van der Waals surface area contributed by atoms with Gasteiger partial charge >= 0.3 is 0 Å². The summed E-state index contributed by atoms with van der Waals surface area (Å²) < 4.78 is 21.4. The van der Waals surface area contributed by atoms with E-state index >= 15 is 0 Å². The molecule has 1 aromatic carbocycles. The van der Waals surface area contributed by atoms with Gasteiger partial charge in [-0.05, 0) is 62.8 Å². The molecule has 0 N–H and O–H groups in total. The maximum atomic E-state index is 14.4. The molecule has 9 heteroatoms. The number of hydrogen-bond donors (Lipinski definition) is 0. The van der Waals surface area contributed by atoms with Gasteiger partial charge in [0.15, 0.2) is 0 Å². The Kier molecular flexibility index (Phi) is 5.76. The first-order valence-electron chi connectivity index (χ1n) is 12.1. The molecule has 35 heavy (non-hydrogen) atoms. The summed E-state index contributed by atoms with van der Waals surface area (Å²) in [7, 11) is 0. The largest absolute Gasteiger partial charge is 0.486 e. The van der Waals surface area contributed by atoms with Crippen LogP contribution in [0.1, 0.15) is 49.0 Å². The predicted octanol–water partition coefficient (Wildman–Crippen LogP) is 5.87. The second-order valence-electron chi connectivity index (χ2n) is 9.76. The Morgan fingerprint density at radius 2 is 1.83 bits per heavy atom. The molecule has 2 aromatic heterocycles. The summed E-state index contributed by atoms with van der Waals surface area (Å²) in [5.74, 6) is 0.156. The van der Waals surface area contributed by atoms with E-state index in [1.165, 1.54) is 22.6 Å². The Balaban J connectivity index is 1.37. The van der Waals surface area contributed by atoms with Crippen LogP contribution in [0.2, 0.25) is 5.02 Å². The van der Waals surface area contributed by atoms with Crippen molar-refractivity contribution in [3.05, 3.63) is 40.0 Å². The molecule has 3 heterocycles. The Hall–Kier alpha value is -2.58. The van der Waals surface area contributed by atoms with Crippen LogP contribution in [0.4, 0.5) is 4.39 Å². The van der Waals surface area contributed by atoms with Crippen molar-refractivity contribution in [1.29, 1.82) is 0 Å². The normalized spacial score (nSPS) is 26.2. The summed E-state index contributed by atoms with van der Waals surface area (Å²) in [6.07, 6.45) is 4.52. The van der Waals surface area contributed by atoms with Gasteiger partial charge in [-0.25, -0.2) is 14.4 Å². The molecule has 6 nitrogen and oxygen atoms in total. The van der Waals surface area contributed by atoms with E-state index in [0.717, 1.165) is 46.3 Å². The van der Waals surface area contributed by atoms with Crippen molar-refractivity contribution in [2.24, 2.45) is 11.8 Å². The van der Waals surface area contributed by atoms with Crippen LogP contribution in [-0.2, 0) is 16.1 Å². The molecule has 6 rings (SSSR count). The van der Waals surface area contributed by atoms with Crippen LogP contribution in [0.5, 0.6) is 5.75 Å². The standard InChI is InChI=1S/C26H25ClFN3O3S/c1-13-8-14(27)9-18(23(13)34-21-7-3-6-19(21)28)22-24-20(29-12-30-22)10-15(35-24)11-31-25(32)16-4-2-5-17(16)26(31)33/h8-10,12,16-17,19,21H,2-7,11H2,1H3/t16?,17?,19-,21+/m0/s1. The first-order valence-corrected chi connectivity index (χ1v) is 13.3. The molecule has 182 valence electrons. The molecule has 0 bridgehead atoms. The summed E-state index contributed by atoms with van der Waals surface area (Å²) in [6.45, 7) is 2.14. The Morgan fingerprint density at radius 1 is 1.09 bits per heavy atom. The van der Waals surface area contributed by atoms with E-state index in [9.17, 15) is 14.0 Å². The number of carbonyl (C=O) groups excluding carboxylic acids is 2.